The van der Waals surface area contributed by atoms with Gasteiger partial charge in [0.15, 0.2) is 0 Å². The first-order valence-corrected chi connectivity index (χ1v) is 13.7. The summed E-state index contributed by atoms with van der Waals surface area (Å²) in [6.07, 6.45) is 0.262. The van der Waals surface area contributed by atoms with Gasteiger partial charge in [0.25, 0.3) is 11.8 Å². The maximum Gasteiger partial charge on any atom is 0.305 e. The Kier molecular flexibility index (Phi) is 10.1. The highest BCUT2D eigenvalue weighted by Gasteiger charge is 2.23. The average Bonchev–Trinajstić information content (AvgIpc) is 3.01. The lowest BCUT2D eigenvalue weighted by Gasteiger charge is -2.24. The van der Waals surface area contributed by atoms with E-state index in [2.05, 4.69) is 5.32 Å². The minimum absolute atomic E-state index is 0.0228. The standard InChI is InChI=1S/C34H33FN2O5/c1-23(24-15-17-26(35)18-16-24)36-33(40)29-12-6-4-10-27(29)28-11-5-7-13-30(28)34(41)37(22-20-32(38)39)21-19-25-9-3-8-14-31(25)42-2/h3-18,23H,19-22H2,1-2H3,(H,36,40)(H,38,39). The summed E-state index contributed by atoms with van der Waals surface area (Å²) < 4.78 is 18.8. The second-order valence-corrected chi connectivity index (χ2v) is 9.84. The minimum atomic E-state index is -1.00. The van der Waals surface area contributed by atoms with Crippen molar-refractivity contribution in [1.82, 2.24) is 10.2 Å². The number of carboxylic acid groups (broad SMARTS) is 1. The van der Waals surface area contributed by atoms with E-state index in [1.54, 1.807) is 67.8 Å². The van der Waals surface area contributed by atoms with Crippen molar-refractivity contribution in [1.29, 1.82) is 0 Å². The largest absolute Gasteiger partial charge is 0.496 e. The van der Waals surface area contributed by atoms with Crippen LogP contribution in [0, 0.1) is 5.82 Å². The molecule has 0 aromatic heterocycles. The SMILES string of the molecule is COc1ccccc1CCN(CCC(=O)O)C(=O)c1ccccc1-c1ccccc1C(=O)NC(C)c1ccc(F)cc1. The zero-order valence-corrected chi connectivity index (χ0v) is 23.5. The number of amides is 2. The van der Waals surface area contributed by atoms with Gasteiger partial charge in [-0.25, -0.2) is 4.39 Å². The van der Waals surface area contributed by atoms with E-state index >= 15 is 0 Å². The van der Waals surface area contributed by atoms with Gasteiger partial charge in [-0.3, -0.25) is 14.4 Å². The monoisotopic (exact) mass is 568 g/mol. The number of nitrogens with one attached hydrogen (secondary N) is 1. The Morgan fingerprint density at radius 1 is 0.833 bits per heavy atom. The maximum absolute atomic E-state index is 14.0. The number of methoxy groups -OCH3 is 1. The Bertz CT molecular complexity index is 1550. The Balaban J connectivity index is 1.63. The molecule has 1 unspecified atom stereocenters. The number of aliphatic carboxylic acids is 1. The molecule has 2 amide bonds. The number of rotatable bonds is 12. The van der Waals surface area contributed by atoms with Crippen molar-refractivity contribution in [3.63, 3.8) is 0 Å². The number of hydrogen-bond acceptors (Lipinski definition) is 4. The Hall–Kier alpha value is -4.98. The van der Waals surface area contributed by atoms with Gasteiger partial charge in [0.05, 0.1) is 19.6 Å². The van der Waals surface area contributed by atoms with Crippen LogP contribution in [0.4, 0.5) is 4.39 Å². The second kappa shape index (κ2) is 14.1. The van der Waals surface area contributed by atoms with Crippen LogP contribution in [0.3, 0.4) is 0 Å². The molecule has 8 heteroatoms. The summed E-state index contributed by atoms with van der Waals surface area (Å²) in [5, 5.41) is 12.3. The lowest BCUT2D eigenvalue weighted by molar-refractivity contribution is -0.137. The molecule has 7 nitrogen and oxygen atoms in total. The average molecular weight is 569 g/mol. The fourth-order valence-electron chi connectivity index (χ4n) is 4.81. The van der Waals surface area contributed by atoms with Gasteiger partial charge < -0.3 is 20.1 Å². The van der Waals surface area contributed by atoms with Crippen LogP contribution < -0.4 is 10.1 Å². The number of halogens is 1. The summed E-state index contributed by atoms with van der Waals surface area (Å²) in [6.45, 7) is 2.11. The third-order valence-corrected chi connectivity index (χ3v) is 7.06. The van der Waals surface area contributed by atoms with Gasteiger partial charge in [-0.05, 0) is 65.9 Å². The van der Waals surface area contributed by atoms with E-state index in [9.17, 15) is 23.9 Å². The Labute approximate surface area is 244 Å². The second-order valence-electron chi connectivity index (χ2n) is 9.84. The van der Waals surface area contributed by atoms with E-state index in [0.29, 0.717) is 34.4 Å². The first kappa shape index (κ1) is 30.0. The van der Waals surface area contributed by atoms with Crippen molar-refractivity contribution in [2.45, 2.75) is 25.8 Å². The molecule has 4 aromatic carbocycles. The summed E-state index contributed by atoms with van der Waals surface area (Å²) in [5.41, 5.74) is 3.50. The van der Waals surface area contributed by atoms with Gasteiger partial charge in [-0.1, -0.05) is 66.7 Å². The van der Waals surface area contributed by atoms with Crippen molar-refractivity contribution < 1.29 is 28.6 Å². The number of carbonyl (C=O) groups is 3. The Morgan fingerprint density at radius 3 is 2.10 bits per heavy atom. The molecule has 2 N–H and O–H groups in total. The van der Waals surface area contributed by atoms with Gasteiger partial charge >= 0.3 is 5.97 Å². The summed E-state index contributed by atoms with van der Waals surface area (Å²) in [4.78, 5) is 40.4. The molecule has 1 atom stereocenters. The number of para-hydroxylation sites is 1. The highest BCUT2D eigenvalue weighted by molar-refractivity contribution is 6.06. The minimum Gasteiger partial charge on any atom is -0.496 e. The number of carbonyl (C=O) groups excluding carboxylic acids is 2. The van der Waals surface area contributed by atoms with Crippen LogP contribution in [0.5, 0.6) is 5.75 Å². The van der Waals surface area contributed by atoms with Crippen LogP contribution >= 0.6 is 0 Å². The van der Waals surface area contributed by atoms with E-state index in [-0.39, 0.29) is 43.2 Å². The van der Waals surface area contributed by atoms with Gasteiger partial charge in [0.1, 0.15) is 11.6 Å². The van der Waals surface area contributed by atoms with Crippen LogP contribution in [0.1, 0.15) is 51.2 Å². The first-order chi connectivity index (χ1) is 20.3. The molecule has 0 radical (unpaired) electrons. The molecule has 0 fully saturated rings. The number of carboxylic acids is 1. The number of ether oxygens (including phenoxy) is 1. The van der Waals surface area contributed by atoms with Crippen LogP contribution in [-0.4, -0.2) is 48.0 Å². The zero-order chi connectivity index (χ0) is 30.1. The summed E-state index contributed by atoms with van der Waals surface area (Å²) in [7, 11) is 1.58. The first-order valence-electron chi connectivity index (χ1n) is 13.7. The summed E-state index contributed by atoms with van der Waals surface area (Å²) in [6, 6.07) is 27.0. The van der Waals surface area contributed by atoms with E-state index in [1.807, 2.05) is 31.2 Å². The van der Waals surface area contributed by atoms with E-state index in [1.165, 1.54) is 17.0 Å². The van der Waals surface area contributed by atoms with Crippen LogP contribution in [-0.2, 0) is 11.2 Å². The van der Waals surface area contributed by atoms with Crippen LogP contribution in [0.15, 0.2) is 97.1 Å². The third kappa shape index (κ3) is 7.40. The van der Waals surface area contributed by atoms with Crippen molar-refractivity contribution in [2.75, 3.05) is 20.2 Å². The fraction of sp³-hybridized carbons (Fsp3) is 0.206. The van der Waals surface area contributed by atoms with Gasteiger partial charge in [-0.15, -0.1) is 0 Å². The fourth-order valence-corrected chi connectivity index (χ4v) is 4.81. The van der Waals surface area contributed by atoms with Crippen LogP contribution in [0.2, 0.25) is 0 Å². The van der Waals surface area contributed by atoms with Crippen molar-refractivity contribution in [3.8, 4) is 16.9 Å². The molecule has 0 saturated heterocycles. The summed E-state index contributed by atoms with van der Waals surface area (Å²) >= 11 is 0. The highest BCUT2D eigenvalue weighted by Crippen LogP contribution is 2.29. The molecular weight excluding hydrogens is 535 g/mol. The predicted octanol–water partition coefficient (Wildman–Crippen LogP) is 6.15. The van der Waals surface area contributed by atoms with Crippen molar-refractivity contribution in [2.24, 2.45) is 0 Å². The molecule has 216 valence electrons. The van der Waals surface area contributed by atoms with Gasteiger partial charge in [0.2, 0.25) is 0 Å². The van der Waals surface area contributed by atoms with Crippen molar-refractivity contribution >= 4 is 17.8 Å². The van der Waals surface area contributed by atoms with E-state index in [0.717, 1.165) is 11.1 Å². The maximum atomic E-state index is 14.0. The zero-order valence-electron chi connectivity index (χ0n) is 23.5. The molecule has 0 aliphatic heterocycles. The molecule has 4 aromatic rings. The van der Waals surface area contributed by atoms with E-state index < -0.39 is 5.97 Å². The molecule has 0 aliphatic carbocycles. The molecule has 0 saturated carbocycles. The third-order valence-electron chi connectivity index (χ3n) is 7.06. The molecule has 4 rings (SSSR count). The van der Waals surface area contributed by atoms with Gasteiger partial charge in [-0.2, -0.15) is 0 Å². The normalized spacial score (nSPS) is 11.4. The van der Waals surface area contributed by atoms with Crippen LogP contribution in [0.25, 0.3) is 11.1 Å². The topological polar surface area (TPSA) is 95.9 Å². The lowest BCUT2D eigenvalue weighted by Crippen LogP contribution is -2.35. The number of nitrogens with zero attached hydrogens (tertiary/aromatic N) is 1. The molecular formula is C34H33FN2O5. The molecule has 42 heavy (non-hydrogen) atoms. The highest BCUT2D eigenvalue weighted by atomic mass is 19.1. The van der Waals surface area contributed by atoms with E-state index in [4.69, 9.17) is 4.74 Å². The molecule has 0 heterocycles. The molecule has 0 aliphatic rings. The quantitative estimate of drug-likeness (QED) is 0.214. The predicted molar refractivity (Wildman–Crippen MR) is 159 cm³/mol. The smallest absolute Gasteiger partial charge is 0.305 e. The molecule has 0 bridgehead atoms. The number of benzene rings is 4. The summed E-state index contributed by atoms with van der Waals surface area (Å²) in [5.74, 6) is -1.35. The lowest BCUT2D eigenvalue weighted by atomic mass is 9.94. The number of hydrogen-bond donors (Lipinski definition) is 2. The Morgan fingerprint density at radius 2 is 1.43 bits per heavy atom. The van der Waals surface area contributed by atoms with Gasteiger partial charge in [0, 0.05) is 24.2 Å². The molecule has 0 spiro atoms. The van der Waals surface area contributed by atoms with Crippen molar-refractivity contribution in [3.05, 3.63) is 125 Å².